The predicted molar refractivity (Wildman–Crippen MR) is 82.2 cm³/mol. The summed E-state index contributed by atoms with van der Waals surface area (Å²) in [4.78, 5) is 9.48. The van der Waals surface area contributed by atoms with E-state index in [9.17, 15) is 0 Å². The number of aromatic nitrogens is 2. The number of thioether (sulfide) groups is 1. The normalized spacial score (nSPS) is 10.6. The van der Waals surface area contributed by atoms with Gasteiger partial charge in [-0.1, -0.05) is 18.2 Å². The second-order valence-corrected chi connectivity index (χ2v) is 5.42. The van der Waals surface area contributed by atoms with Gasteiger partial charge in [0.1, 0.15) is 12.1 Å². The lowest BCUT2D eigenvalue weighted by atomic mass is 10.2. The molecule has 0 radical (unpaired) electrons. The molecule has 4 heteroatoms. The summed E-state index contributed by atoms with van der Waals surface area (Å²) >= 11 is 1.79. The van der Waals surface area contributed by atoms with Crippen molar-refractivity contribution in [1.29, 1.82) is 0 Å². The highest BCUT2D eigenvalue weighted by Crippen LogP contribution is 2.20. The molecule has 1 aromatic heterocycles. The molecule has 0 aliphatic rings. The summed E-state index contributed by atoms with van der Waals surface area (Å²) in [5, 5.41) is 1.03. The van der Waals surface area contributed by atoms with Crippen molar-refractivity contribution in [3.8, 4) is 5.75 Å². The Balaban J connectivity index is 1.55. The molecule has 0 atom stereocenters. The van der Waals surface area contributed by atoms with Crippen LogP contribution in [-0.4, -0.2) is 22.3 Å². The molecular formula is C16H14N2OS. The van der Waals surface area contributed by atoms with E-state index in [-0.39, 0.29) is 0 Å². The van der Waals surface area contributed by atoms with Crippen molar-refractivity contribution in [3.05, 3.63) is 61.1 Å². The highest BCUT2D eigenvalue weighted by atomic mass is 32.2. The van der Waals surface area contributed by atoms with E-state index in [1.165, 1.54) is 4.90 Å². The predicted octanol–water partition coefficient (Wildman–Crippen LogP) is 3.80. The minimum Gasteiger partial charge on any atom is -0.493 e. The summed E-state index contributed by atoms with van der Waals surface area (Å²) in [5.74, 6) is 1.77. The molecule has 0 aliphatic carbocycles. The SMILES string of the molecule is c1ccc(SCCOc2ccc3cncnc3c2)cc1. The lowest BCUT2D eigenvalue weighted by Crippen LogP contribution is -2.00. The van der Waals surface area contributed by atoms with Crippen LogP contribution < -0.4 is 4.74 Å². The molecule has 0 bridgehead atoms. The van der Waals surface area contributed by atoms with Gasteiger partial charge in [-0.05, 0) is 24.3 Å². The fourth-order valence-corrected chi connectivity index (χ4v) is 2.63. The standard InChI is InChI=1S/C16H14N2OS/c1-2-4-15(5-3-1)20-9-8-19-14-7-6-13-11-17-12-18-16(13)10-14/h1-7,10-12H,8-9H2. The Kier molecular flexibility index (Phi) is 4.13. The van der Waals surface area contributed by atoms with Crippen molar-refractivity contribution in [2.75, 3.05) is 12.4 Å². The van der Waals surface area contributed by atoms with Crippen molar-refractivity contribution in [2.24, 2.45) is 0 Å². The van der Waals surface area contributed by atoms with Gasteiger partial charge in [-0.15, -0.1) is 11.8 Å². The zero-order valence-corrected chi connectivity index (χ0v) is 11.7. The lowest BCUT2D eigenvalue weighted by molar-refractivity contribution is 0.344. The Hall–Kier alpha value is -2.07. The molecule has 3 nitrogen and oxygen atoms in total. The fourth-order valence-electron chi connectivity index (χ4n) is 1.88. The van der Waals surface area contributed by atoms with Gasteiger partial charge in [-0.3, -0.25) is 0 Å². The van der Waals surface area contributed by atoms with Crippen LogP contribution in [0.25, 0.3) is 10.9 Å². The van der Waals surface area contributed by atoms with E-state index in [1.54, 1.807) is 24.3 Å². The Morgan fingerprint density at radius 3 is 2.85 bits per heavy atom. The average molecular weight is 282 g/mol. The molecule has 100 valence electrons. The molecule has 0 saturated heterocycles. The van der Waals surface area contributed by atoms with E-state index in [0.717, 1.165) is 22.4 Å². The molecule has 1 heterocycles. The van der Waals surface area contributed by atoms with Gasteiger partial charge in [0.05, 0.1) is 12.1 Å². The van der Waals surface area contributed by atoms with Crippen LogP contribution in [-0.2, 0) is 0 Å². The van der Waals surface area contributed by atoms with Crippen molar-refractivity contribution in [2.45, 2.75) is 4.90 Å². The maximum absolute atomic E-state index is 5.75. The van der Waals surface area contributed by atoms with Crippen LogP contribution in [0.15, 0.2) is 66.0 Å². The molecule has 0 amide bonds. The topological polar surface area (TPSA) is 35.0 Å². The van der Waals surface area contributed by atoms with Gasteiger partial charge in [-0.2, -0.15) is 0 Å². The lowest BCUT2D eigenvalue weighted by Gasteiger charge is -2.06. The number of hydrogen-bond acceptors (Lipinski definition) is 4. The van der Waals surface area contributed by atoms with Crippen LogP contribution in [0.5, 0.6) is 5.75 Å². The maximum Gasteiger partial charge on any atom is 0.121 e. The minimum absolute atomic E-state index is 0.677. The third-order valence-electron chi connectivity index (χ3n) is 2.84. The van der Waals surface area contributed by atoms with Crippen LogP contribution in [0.3, 0.4) is 0 Å². The van der Waals surface area contributed by atoms with Crippen LogP contribution in [0.2, 0.25) is 0 Å². The number of benzene rings is 2. The number of rotatable bonds is 5. The second kappa shape index (κ2) is 6.39. The highest BCUT2D eigenvalue weighted by Gasteiger charge is 1.99. The Labute approximate surface area is 122 Å². The number of nitrogens with zero attached hydrogens (tertiary/aromatic N) is 2. The first-order chi connectivity index (χ1) is 9.92. The molecule has 3 rings (SSSR count). The van der Waals surface area contributed by atoms with E-state index >= 15 is 0 Å². The first-order valence-electron chi connectivity index (χ1n) is 6.42. The zero-order chi connectivity index (χ0) is 13.6. The van der Waals surface area contributed by atoms with E-state index in [1.807, 2.05) is 36.4 Å². The number of hydrogen-bond donors (Lipinski definition) is 0. The fraction of sp³-hybridized carbons (Fsp3) is 0.125. The molecule has 0 spiro atoms. The molecule has 0 N–H and O–H groups in total. The monoisotopic (exact) mass is 282 g/mol. The molecular weight excluding hydrogens is 268 g/mol. The largest absolute Gasteiger partial charge is 0.493 e. The molecule has 20 heavy (non-hydrogen) atoms. The van der Waals surface area contributed by atoms with E-state index < -0.39 is 0 Å². The number of ether oxygens (including phenoxy) is 1. The van der Waals surface area contributed by atoms with Crippen molar-refractivity contribution >= 4 is 22.7 Å². The Bertz CT molecular complexity index is 688. The highest BCUT2D eigenvalue weighted by molar-refractivity contribution is 7.99. The van der Waals surface area contributed by atoms with Gasteiger partial charge in [-0.25, -0.2) is 9.97 Å². The third-order valence-corrected chi connectivity index (χ3v) is 3.82. The van der Waals surface area contributed by atoms with Gasteiger partial charge in [0, 0.05) is 28.3 Å². The Morgan fingerprint density at radius 1 is 1.05 bits per heavy atom. The van der Waals surface area contributed by atoms with E-state index in [4.69, 9.17) is 4.74 Å². The van der Waals surface area contributed by atoms with Gasteiger partial charge < -0.3 is 4.74 Å². The number of fused-ring (bicyclic) bond motifs is 1. The van der Waals surface area contributed by atoms with Gasteiger partial charge in [0.2, 0.25) is 0 Å². The van der Waals surface area contributed by atoms with E-state index in [2.05, 4.69) is 22.1 Å². The summed E-state index contributed by atoms with van der Waals surface area (Å²) in [6.07, 6.45) is 3.36. The third kappa shape index (κ3) is 3.27. The summed E-state index contributed by atoms with van der Waals surface area (Å²) in [6, 6.07) is 16.2. The molecule has 2 aromatic carbocycles. The van der Waals surface area contributed by atoms with Crippen molar-refractivity contribution in [3.63, 3.8) is 0 Å². The van der Waals surface area contributed by atoms with Gasteiger partial charge >= 0.3 is 0 Å². The summed E-state index contributed by atoms with van der Waals surface area (Å²) in [5.41, 5.74) is 0.910. The molecule has 0 aliphatic heterocycles. The summed E-state index contributed by atoms with van der Waals surface area (Å²) < 4.78 is 5.75. The smallest absolute Gasteiger partial charge is 0.121 e. The molecule has 0 unspecified atom stereocenters. The zero-order valence-electron chi connectivity index (χ0n) is 10.9. The average Bonchev–Trinajstić information content (AvgIpc) is 2.52. The molecule has 3 aromatic rings. The van der Waals surface area contributed by atoms with Gasteiger partial charge in [0.15, 0.2) is 0 Å². The first kappa shape index (κ1) is 12.9. The summed E-state index contributed by atoms with van der Waals surface area (Å²) in [6.45, 7) is 0.677. The van der Waals surface area contributed by atoms with Crippen LogP contribution in [0.4, 0.5) is 0 Å². The quantitative estimate of drug-likeness (QED) is 0.526. The molecule has 0 fully saturated rings. The van der Waals surface area contributed by atoms with Crippen LogP contribution in [0, 0.1) is 0 Å². The molecule has 0 saturated carbocycles. The minimum atomic E-state index is 0.677. The van der Waals surface area contributed by atoms with Crippen LogP contribution in [0.1, 0.15) is 0 Å². The summed E-state index contributed by atoms with van der Waals surface area (Å²) in [7, 11) is 0. The van der Waals surface area contributed by atoms with Crippen molar-refractivity contribution < 1.29 is 4.74 Å². The Morgan fingerprint density at radius 2 is 1.95 bits per heavy atom. The first-order valence-corrected chi connectivity index (χ1v) is 7.41. The maximum atomic E-state index is 5.75. The van der Waals surface area contributed by atoms with E-state index in [0.29, 0.717) is 6.61 Å². The second-order valence-electron chi connectivity index (χ2n) is 4.25. The van der Waals surface area contributed by atoms with Crippen molar-refractivity contribution in [1.82, 2.24) is 9.97 Å². The van der Waals surface area contributed by atoms with Gasteiger partial charge in [0.25, 0.3) is 0 Å². The van der Waals surface area contributed by atoms with Crippen LogP contribution >= 0.6 is 11.8 Å².